The van der Waals surface area contributed by atoms with Gasteiger partial charge in [0.15, 0.2) is 11.5 Å². The fraction of sp³-hybridized carbons (Fsp3) is 0.310. The zero-order chi connectivity index (χ0) is 26.7. The Morgan fingerprint density at radius 3 is 2.55 bits per heavy atom. The van der Waals surface area contributed by atoms with E-state index in [-0.39, 0.29) is 23.4 Å². The van der Waals surface area contributed by atoms with E-state index in [9.17, 15) is 18.4 Å². The van der Waals surface area contributed by atoms with Crippen molar-refractivity contribution in [3.05, 3.63) is 88.5 Å². The number of hydrogen-bond donors (Lipinski definition) is 1. The molecule has 196 valence electrons. The molecule has 9 heteroatoms. The number of esters is 1. The third-order valence-electron chi connectivity index (χ3n) is 7.62. The normalized spacial score (nSPS) is 24.1. The first-order valence-electron chi connectivity index (χ1n) is 12.3. The van der Waals surface area contributed by atoms with Gasteiger partial charge in [0.2, 0.25) is 5.91 Å². The van der Waals surface area contributed by atoms with Gasteiger partial charge in [0.1, 0.15) is 11.9 Å². The zero-order valence-electron chi connectivity index (χ0n) is 20.8. The molecule has 2 heterocycles. The molecule has 7 nitrogen and oxygen atoms in total. The van der Waals surface area contributed by atoms with Gasteiger partial charge in [-0.25, -0.2) is 4.79 Å². The maximum atomic E-state index is 13.8. The molecule has 1 unspecified atom stereocenters. The SMILES string of the molecule is COC(=O)c1cccc([C@H]2C[C@@H](NC(=O)C3(C)CCc4cc5c(cc43)OC(F)(F)O5)c3ccccc3O2)c1. The molecule has 3 aromatic rings. The molecule has 6 rings (SSSR count). The van der Waals surface area contributed by atoms with Crippen molar-refractivity contribution >= 4 is 11.9 Å². The lowest BCUT2D eigenvalue weighted by molar-refractivity contribution is -0.286. The van der Waals surface area contributed by atoms with E-state index >= 15 is 0 Å². The molecule has 0 saturated carbocycles. The number of nitrogens with one attached hydrogen (secondary N) is 1. The molecular formula is C29H25F2NO6. The number of benzene rings is 3. The van der Waals surface area contributed by atoms with Crippen LogP contribution in [0.15, 0.2) is 60.7 Å². The van der Waals surface area contributed by atoms with E-state index in [1.807, 2.05) is 37.3 Å². The number of aryl methyl sites for hydroxylation is 1. The number of para-hydroxylation sites is 1. The van der Waals surface area contributed by atoms with Crippen LogP contribution >= 0.6 is 0 Å². The second-order valence-corrected chi connectivity index (χ2v) is 9.98. The predicted molar refractivity (Wildman–Crippen MR) is 131 cm³/mol. The van der Waals surface area contributed by atoms with Gasteiger partial charge < -0.3 is 24.3 Å². The van der Waals surface area contributed by atoms with E-state index in [0.717, 1.165) is 16.7 Å². The van der Waals surface area contributed by atoms with Crippen LogP contribution in [0.3, 0.4) is 0 Å². The second kappa shape index (κ2) is 8.72. The van der Waals surface area contributed by atoms with Gasteiger partial charge >= 0.3 is 12.3 Å². The highest BCUT2D eigenvalue weighted by atomic mass is 19.3. The van der Waals surface area contributed by atoms with Gasteiger partial charge in [0, 0.05) is 12.0 Å². The number of fused-ring (bicyclic) bond motifs is 3. The number of ether oxygens (including phenoxy) is 4. The largest absolute Gasteiger partial charge is 0.586 e. The Hall–Kier alpha value is -4.14. The smallest absolute Gasteiger partial charge is 0.485 e. The number of carbonyl (C=O) groups is 2. The maximum absolute atomic E-state index is 13.8. The lowest BCUT2D eigenvalue weighted by atomic mass is 9.82. The number of halogens is 2. The number of amides is 1. The predicted octanol–water partition coefficient (Wildman–Crippen LogP) is 5.38. The summed E-state index contributed by atoms with van der Waals surface area (Å²) in [5.74, 6) is -0.115. The van der Waals surface area contributed by atoms with Crippen LogP contribution in [0, 0.1) is 0 Å². The summed E-state index contributed by atoms with van der Waals surface area (Å²) in [6.07, 6.45) is -2.64. The van der Waals surface area contributed by atoms with Crippen LogP contribution in [-0.2, 0) is 21.4 Å². The molecule has 1 N–H and O–H groups in total. The molecule has 0 bridgehead atoms. The summed E-state index contributed by atoms with van der Waals surface area (Å²) < 4.78 is 47.6. The van der Waals surface area contributed by atoms with Crippen molar-refractivity contribution in [2.75, 3.05) is 7.11 Å². The molecule has 0 aromatic heterocycles. The summed E-state index contributed by atoms with van der Waals surface area (Å²) in [6, 6.07) is 17.2. The van der Waals surface area contributed by atoms with Crippen LogP contribution in [-0.4, -0.2) is 25.3 Å². The Morgan fingerprint density at radius 1 is 1.00 bits per heavy atom. The van der Waals surface area contributed by atoms with Gasteiger partial charge in [-0.05, 0) is 66.8 Å². The molecule has 2 aliphatic heterocycles. The minimum Gasteiger partial charge on any atom is -0.485 e. The molecule has 0 fully saturated rings. The molecule has 3 aromatic carbocycles. The Bertz CT molecular complexity index is 1460. The summed E-state index contributed by atoms with van der Waals surface area (Å²) in [6.45, 7) is 1.82. The van der Waals surface area contributed by atoms with E-state index < -0.39 is 23.8 Å². The van der Waals surface area contributed by atoms with Crippen molar-refractivity contribution in [3.8, 4) is 17.2 Å². The van der Waals surface area contributed by atoms with Crippen LogP contribution in [0.2, 0.25) is 0 Å². The van der Waals surface area contributed by atoms with Gasteiger partial charge in [-0.2, -0.15) is 0 Å². The zero-order valence-corrected chi connectivity index (χ0v) is 20.8. The Kier molecular flexibility index (Phi) is 5.55. The maximum Gasteiger partial charge on any atom is 0.586 e. The highest BCUT2D eigenvalue weighted by Crippen LogP contribution is 2.49. The number of hydrogen-bond acceptors (Lipinski definition) is 6. The van der Waals surface area contributed by atoms with Crippen molar-refractivity contribution < 1.29 is 37.3 Å². The molecule has 1 amide bonds. The van der Waals surface area contributed by atoms with Gasteiger partial charge in [-0.15, -0.1) is 8.78 Å². The third-order valence-corrected chi connectivity index (χ3v) is 7.62. The number of methoxy groups -OCH3 is 1. The Morgan fingerprint density at radius 2 is 1.76 bits per heavy atom. The van der Waals surface area contributed by atoms with Crippen molar-refractivity contribution in [3.63, 3.8) is 0 Å². The van der Waals surface area contributed by atoms with Crippen LogP contribution in [0.5, 0.6) is 17.2 Å². The van der Waals surface area contributed by atoms with E-state index in [1.54, 1.807) is 18.2 Å². The molecule has 0 saturated heterocycles. The summed E-state index contributed by atoms with van der Waals surface area (Å²) in [4.78, 5) is 25.9. The van der Waals surface area contributed by atoms with E-state index in [2.05, 4.69) is 14.8 Å². The van der Waals surface area contributed by atoms with Crippen molar-refractivity contribution in [1.29, 1.82) is 0 Å². The minimum absolute atomic E-state index is 0.0196. The molecule has 0 spiro atoms. The molecule has 1 aliphatic carbocycles. The lowest BCUT2D eigenvalue weighted by Gasteiger charge is -2.35. The van der Waals surface area contributed by atoms with Crippen LogP contribution in [0.4, 0.5) is 8.78 Å². The summed E-state index contributed by atoms with van der Waals surface area (Å²) >= 11 is 0. The second-order valence-electron chi connectivity index (χ2n) is 9.98. The van der Waals surface area contributed by atoms with Gasteiger partial charge in [0.25, 0.3) is 0 Å². The highest BCUT2D eigenvalue weighted by molar-refractivity contribution is 5.90. The molecule has 38 heavy (non-hydrogen) atoms. The Labute approximate surface area is 217 Å². The first-order chi connectivity index (χ1) is 18.2. The molecular weight excluding hydrogens is 496 g/mol. The van der Waals surface area contributed by atoms with Crippen molar-refractivity contribution in [2.24, 2.45) is 0 Å². The van der Waals surface area contributed by atoms with Gasteiger partial charge in [-0.1, -0.05) is 30.3 Å². The van der Waals surface area contributed by atoms with Gasteiger partial charge in [0.05, 0.1) is 24.1 Å². The van der Waals surface area contributed by atoms with Crippen LogP contribution in [0.1, 0.15) is 64.5 Å². The number of rotatable bonds is 4. The first kappa shape index (κ1) is 24.2. The lowest BCUT2D eigenvalue weighted by Crippen LogP contribution is -2.44. The highest BCUT2D eigenvalue weighted by Gasteiger charge is 2.48. The van der Waals surface area contributed by atoms with Crippen LogP contribution < -0.4 is 19.5 Å². The van der Waals surface area contributed by atoms with Gasteiger partial charge in [-0.3, -0.25) is 4.79 Å². The van der Waals surface area contributed by atoms with E-state index in [0.29, 0.717) is 36.1 Å². The number of alkyl halides is 2. The average Bonchev–Trinajstić information content (AvgIpc) is 3.41. The topological polar surface area (TPSA) is 83.1 Å². The molecule has 0 radical (unpaired) electrons. The summed E-state index contributed by atoms with van der Waals surface area (Å²) in [5.41, 5.74) is 2.53. The van der Waals surface area contributed by atoms with E-state index in [4.69, 9.17) is 9.47 Å². The fourth-order valence-electron chi connectivity index (χ4n) is 5.57. The average molecular weight is 522 g/mol. The van der Waals surface area contributed by atoms with Crippen molar-refractivity contribution in [1.82, 2.24) is 5.32 Å². The van der Waals surface area contributed by atoms with Crippen molar-refractivity contribution in [2.45, 2.75) is 50.0 Å². The summed E-state index contributed by atoms with van der Waals surface area (Å²) in [7, 11) is 1.33. The quantitative estimate of drug-likeness (QED) is 0.465. The van der Waals surface area contributed by atoms with E-state index in [1.165, 1.54) is 19.2 Å². The fourth-order valence-corrected chi connectivity index (χ4v) is 5.57. The number of carbonyl (C=O) groups excluding carboxylic acids is 2. The Balaban J connectivity index is 1.29. The van der Waals surface area contributed by atoms with Crippen LogP contribution in [0.25, 0.3) is 0 Å². The molecule has 3 aliphatic rings. The molecule has 3 atom stereocenters. The third kappa shape index (κ3) is 4.02. The monoisotopic (exact) mass is 521 g/mol. The first-order valence-corrected chi connectivity index (χ1v) is 12.3. The minimum atomic E-state index is -3.72. The standard InChI is InChI=1S/C29H25F2NO6/c1-28(11-10-16-13-24-25(14-20(16)28)38-29(30,31)37-24)27(34)32-21-15-23(36-22-9-4-3-8-19(21)22)17-6-5-7-18(12-17)26(33)35-2/h3-9,12-14,21,23H,10-11,15H2,1-2H3,(H,32,34)/t21-,23-,28?/m1/s1. The summed E-state index contributed by atoms with van der Waals surface area (Å²) in [5, 5.41) is 3.20.